The van der Waals surface area contributed by atoms with E-state index in [0.29, 0.717) is 11.3 Å². The second kappa shape index (κ2) is 6.00. The zero-order chi connectivity index (χ0) is 17.6. The number of hydrogen-bond acceptors (Lipinski definition) is 6. The van der Waals surface area contributed by atoms with Gasteiger partial charge in [0.05, 0.1) is 12.3 Å². The summed E-state index contributed by atoms with van der Waals surface area (Å²) in [6, 6.07) is 5.78. The van der Waals surface area contributed by atoms with E-state index in [1.807, 2.05) is 49.0 Å². The summed E-state index contributed by atoms with van der Waals surface area (Å²) in [5.41, 5.74) is 2.68. The van der Waals surface area contributed by atoms with Crippen LogP contribution in [0, 0.1) is 13.8 Å². The summed E-state index contributed by atoms with van der Waals surface area (Å²) in [7, 11) is 0. The second-order valence-corrected chi connectivity index (χ2v) is 6.98. The van der Waals surface area contributed by atoms with Crippen molar-refractivity contribution in [2.75, 3.05) is 6.61 Å². The molecule has 1 aliphatic heterocycles. The van der Waals surface area contributed by atoms with Gasteiger partial charge in [0.2, 0.25) is 6.10 Å². The van der Waals surface area contributed by atoms with Crippen LogP contribution in [-0.4, -0.2) is 34.2 Å². The SMILES string of the molecule is Cc1cc(C)c2c(-n3cccc3)c(C(=O)O[C@H]3CCOC3=O)sc2n1. The third-order valence-electron chi connectivity index (χ3n) is 4.15. The van der Waals surface area contributed by atoms with Crippen LogP contribution in [-0.2, 0) is 14.3 Å². The first-order valence-corrected chi connectivity index (χ1v) is 8.78. The number of fused-ring (bicyclic) bond motifs is 1. The van der Waals surface area contributed by atoms with Gasteiger partial charge in [0.25, 0.3) is 0 Å². The number of cyclic esters (lactones) is 1. The van der Waals surface area contributed by atoms with Crippen LogP contribution in [0.4, 0.5) is 0 Å². The van der Waals surface area contributed by atoms with E-state index in [0.717, 1.165) is 27.2 Å². The van der Waals surface area contributed by atoms with Gasteiger partial charge in [0, 0.05) is 29.9 Å². The summed E-state index contributed by atoms with van der Waals surface area (Å²) >= 11 is 1.28. The van der Waals surface area contributed by atoms with Crippen LogP contribution in [0.5, 0.6) is 0 Å². The lowest BCUT2D eigenvalue weighted by Gasteiger charge is -2.10. The van der Waals surface area contributed by atoms with Crippen LogP contribution in [0.3, 0.4) is 0 Å². The summed E-state index contributed by atoms with van der Waals surface area (Å²) in [6.45, 7) is 4.21. The number of nitrogens with zero attached hydrogens (tertiary/aromatic N) is 2. The van der Waals surface area contributed by atoms with Crippen LogP contribution in [0.2, 0.25) is 0 Å². The maximum Gasteiger partial charge on any atom is 0.351 e. The molecule has 128 valence electrons. The topological polar surface area (TPSA) is 70.4 Å². The molecule has 0 bridgehead atoms. The molecular formula is C18H16N2O4S. The fraction of sp³-hybridized carbons (Fsp3) is 0.278. The molecule has 25 heavy (non-hydrogen) atoms. The number of aromatic nitrogens is 2. The lowest BCUT2D eigenvalue weighted by molar-refractivity contribution is -0.145. The maximum absolute atomic E-state index is 12.8. The Morgan fingerprint density at radius 2 is 2.12 bits per heavy atom. The molecule has 1 atom stereocenters. The average molecular weight is 356 g/mol. The van der Waals surface area contributed by atoms with Crippen LogP contribution in [0.15, 0.2) is 30.6 Å². The van der Waals surface area contributed by atoms with Gasteiger partial charge in [-0.25, -0.2) is 14.6 Å². The summed E-state index contributed by atoms with van der Waals surface area (Å²) in [6.07, 6.45) is 3.32. The molecule has 0 aliphatic carbocycles. The quantitative estimate of drug-likeness (QED) is 0.674. The molecule has 0 saturated carbocycles. The minimum Gasteiger partial charge on any atom is -0.463 e. The highest BCUT2D eigenvalue weighted by Crippen LogP contribution is 2.36. The van der Waals surface area contributed by atoms with Crippen molar-refractivity contribution in [1.82, 2.24) is 9.55 Å². The number of hydrogen-bond donors (Lipinski definition) is 0. The molecule has 0 N–H and O–H groups in total. The van der Waals surface area contributed by atoms with Gasteiger partial charge in [0.1, 0.15) is 9.71 Å². The zero-order valence-corrected chi connectivity index (χ0v) is 14.6. The molecule has 0 spiro atoms. The Bertz CT molecular complexity index is 975. The zero-order valence-electron chi connectivity index (χ0n) is 13.8. The second-order valence-electron chi connectivity index (χ2n) is 5.98. The van der Waals surface area contributed by atoms with E-state index < -0.39 is 18.0 Å². The smallest absolute Gasteiger partial charge is 0.351 e. The average Bonchev–Trinajstić information content (AvgIpc) is 3.26. The number of thiophene rings is 1. The van der Waals surface area contributed by atoms with Crippen molar-refractivity contribution in [2.45, 2.75) is 26.4 Å². The largest absolute Gasteiger partial charge is 0.463 e. The number of aryl methyl sites for hydroxylation is 2. The highest BCUT2D eigenvalue weighted by Gasteiger charge is 2.32. The molecule has 4 rings (SSSR count). The molecule has 1 fully saturated rings. The van der Waals surface area contributed by atoms with E-state index in [-0.39, 0.29) is 6.61 Å². The lowest BCUT2D eigenvalue weighted by atomic mass is 10.1. The van der Waals surface area contributed by atoms with Crippen molar-refractivity contribution in [1.29, 1.82) is 0 Å². The van der Waals surface area contributed by atoms with Gasteiger partial charge in [-0.15, -0.1) is 11.3 Å². The van der Waals surface area contributed by atoms with Crippen molar-refractivity contribution < 1.29 is 19.1 Å². The van der Waals surface area contributed by atoms with Gasteiger partial charge in [-0.1, -0.05) is 0 Å². The number of pyridine rings is 1. The highest BCUT2D eigenvalue weighted by atomic mass is 32.1. The van der Waals surface area contributed by atoms with Crippen LogP contribution >= 0.6 is 11.3 Å². The predicted octanol–water partition coefficient (Wildman–Crippen LogP) is 3.18. The van der Waals surface area contributed by atoms with Gasteiger partial charge >= 0.3 is 11.9 Å². The third kappa shape index (κ3) is 2.70. The summed E-state index contributed by atoms with van der Waals surface area (Å²) in [4.78, 5) is 30.2. The van der Waals surface area contributed by atoms with E-state index in [1.54, 1.807) is 0 Å². The maximum atomic E-state index is 12.8. The molecule has 1 saturated heterocycles. The predicted molar refractivity (Wildman–Crippen MR) is 93.2 cm³/mol. The Morgan fingerprint density at radius 3 is 2.80 bits per heavy atom. The molecule has 0 radical (unpaired) electrons. The van der Waals surface area contributed by atoms with Gasteiger partial charge in [-0.2, -0.15) is 0 Å². The van der Waals surface area contributed by atoms with Crippen molar-refractivity contribution in [3.8, 4) is 5.69 Å². The molecule has 7 heteroatoms. The van der Waals surface area contributed by atoms with Crippen molar-refractivity contribution in [3.63, 3.8) is 0 Å². The molecule has 6 nitrogen and oxygen atoms in total. The van der Waals surface area contributed by atoms with Gasteiger partial charge in [-0.05, 0) is 37.6 Å². The molecule has 4 heterocycles. The number of esters is 2. The van der Waals surface area contributed by atoms with E-state index in [4.69, 9.17) is 9.47 Å². The van der Waals surface area contributed by atoms with Crippen LogP contribution < -0.4 is 0 Å². The lowest BCUT2D eigenvalue weighted by Crippen LogP contribution is -2.22. The highest BCUT2D eigenvalue weighted by molar-refractivity contribution is 7.21. The van der Waals surface area contributed by atoms with Gasteiger partial charge < -0.3 is 14.0 Å². The minimum atomic E-state index is -0.828. The molecule has 0 amide bonds. The van der Waals surface area contributed by atoms with E-state index >= 15 is 0 Å². The summed E-state index contributed by atoms with van der Waals surface area (Å²) < 4.78 is 12.2. The number of rotatable bonds is 3. The minimum absolute atomic E-state index is 0.285. The van der Waals surface area contributed by atoms with Gasteiger partial charge in [0.15, 0.2) is 0 Å². The molecule has 1 aliphatic rings. The Kier molecular flexibility index (Phi) is 3.80. The van der Waals surface area contributed by atoms with Gasteiger partial charge in [-0.3, -0.25) is 0 Å². The first-order chi connectivity index (χ1) is 12.0. The van der Waals surface area contributed by atoms with Crippen molar-refractivity contribution in [3.05, 3.63) is 46.7 Å². The molecule has 3 aromatic heterocycles. The van der Waals surface area contributed by atoms with Crippen molar-refractivity contribution >= 4 is 33.5 Å². The van der Waals surface area contributed by atoms with E-state index in [2.05, 4.69) is 4.98 Å². The molecular weight excluding hydrogens is 340 g/mol. The van der Waals surface area contributed by atoms with Crippen LogP contribution in [0.25, 0.3) is 15.9 Å². The Hall–Kier alpha value is -2.67. The number of carbonyl (C=O) groups excluding carboxylic acids is 2. The normalized spacial score (nSPS) is 17.0. The van der Waals surface area contributed by atoms with Crippen LogP contribution in [0.1, 0.15) is 27.3 Å². The summed E-state index contributed by atoms with van der Waals surface area (Å²) in [5.74, 6) is -1.00. The summed E-state index contributed by atoms with van der Waals surface area (Å²) in [5, 5.41) is 0.924. The van der Waals surface area contributed by atoms with E-state index in [1.165, 1.54) is 11.3 Å². The first kappa shape index (κ1) is 15.8. The molecule has 0 unspecified atom stereocenters. The fourth-order valence-electron chi connectivity index (χ4n) is 3.06. The Labute approximate surface area is 148 Å². The third-order valence-corrected chi connectivity index (χ3v) is 5.20. The molecule has 0 aromatic carbocycles. The number of ether oxygens (including phenoxy) is 2. The first-order valence-electron chi connectivity index (χ1n) is 7.96. The molecule has 3 aromatic rings. The standard InChI is InChI=1S/C18H16N2O4S/c1-10-9-11(2)19-16-13(10)14(20-6-3-4-7-20)15(25-16)18(22)24-12-5-8-23-17(12)21/h3-4,6-7,9,12H,5,8H2,1-2H3/t12-/m0/s1. The Morgan fingerprint density at radius 1 is 1.36 bits per heavy atom. The fourth-order valence-corrected chi connectivity index (χ4v) is 4.24. The monoisotopic (exact) mass is 356 g/mol. The number of carbonyl (C=O) groups is 2. The Balaban J connectivity index is 1.85. The van der Waals surface area contributed by atoms with E-state index in [9.17, 15) is 9.59 Å². The van der Waals surface area contributed by atoms with Crippen molar-refractivity contribution in [2.24, 2.45) is 0 Å².